The van der Waals surface area contributed by atoms with Gasteiger partial charge in [0.05, 0.1) is 23.3 Å². The van der Waals surface area contributed by atoms with Crippen LogP contribution in [0.1, 0.15) is 16.1 Å². The van der Waals surface area contributed by atoms with E-state index in [1.165, 1.54) is 0 Å². The van der Waals surface area contributed by atoms with Crippen molar-refractivity contribution in [2.45, 2.75) is 6.54 Å². The van der Waals surface area contributed by atoms with Gasteiger partial charge in [0, 0.05) is 20.9 Å². The molecule has 3 nitrogen and oxygen atoms in total. The quantitative estimate of drug-likeness (QED) is 0.414. The summed E-state index contributed by atoms with van der Waals surface area (Å²) in [4.78, 5) is 19.5. The summed E-state index contributed by atoms with van der Waals surface area (Å²) in [5, 5.41) is 3.29. The monoisotopic (exact) mass is 388 g/mol. The Labute approximate surface area is 153 Å². The lowest BCUT2D eigenvalue weighted by Gasteiger charge is -2.15. The molecule has 0 bridgehead atoms. The maximum absolute atomic E-state index is 12.9. The second-order valence-electron chi connectivity index (χ2n) is 6.21. The van der Waals surface area contributed by atoms with Crippen molar-refractivity contribution >= 4 is 49.2 Å². The Morgan fingerprint density at radius 1 is 0.920 bits per heavy atom. The van der Waals surface area contributed by atoms with E-state index < -0.39 is 0 Å². The Morgan fingerprint density at radius 3 is 2.52 bits per heavy atom. The van der Waals surface area contributed by atoms with Gasteiger partial charge >= 0.3 is 0 Å². The molecule has 2 heterocycles. The Hall–Kier alpha value is -2.72. The first-order valence-corrected chi connectivity index (χ1v) is 8.89. The van der Waals surface area contributed by atoms with E-state index in [1.54, 1.807) is 4.90 Å². The van der Waals surface area contributed by atoms with Gasteiger partial charge in [0.2, 0.25) is 0 Å². The zero-order valence-electron chi connectivity index (χ0n) is 13.2. The summed E-state index contributed by atoms with van der Waals surface area (Å²) >= 11 is 3.43. The number of pyridine rings is 1. The van der Waals surface area contributed by atoms with Gasteiger partial charge in [-0.05, 0) is 35.7 Å². The average Bonchev–Trinajstić information content (AvgIpc) is 2.97. The standard InChI is InChI=1S/C21H13BrN2O/c22-15-7-9-16(10-8-15)24-12-19-18(21(24)25)11-14-6-5-13-3-1-2-4-17(13)20(14)23-19/h1-11H,12H2. The largest absolute Gasteiger partial charge is 0.302 e. The van der Waals surface area contributed by atoms with Crippen molar-refractivity contribution in [2.24, 2.45) is 0 Å². The normalized spacial score (nSPS) is 13.6. The Kier molecular flexibility index (Phi) is 3.15. The molecule has 0 spiro atoms. The lowest BCUT2D eigenvalue weighted by atomic mass is 10.0. The zero-order chi connectivity index (χ0) is 17.0. The first-order chi connectivity index (χ1) is 12.2. The van der Waals surface area contributed by atoms with Crippen LogP contribution in [0.3, 0.4) is 0 Å². The molecule has 0 saturated heterocycles. The van der Waals surface area contributed by atoms with Crippen LogP contribution in [0.2, 0.25) is 0 Å². The van der Waals surface area contributed by atoms with Gasteiger partial charge in [-0.2, -0.15) is 0 Å². The number of carbonyl (C=O) groups is 1. The molecule has 0 atom stereocenters. The second kappa shape index (κ2) is 5.39. The van der Waals surface area contributed by atoms with Gasteiger partial charge in [-0.1, -0.05) is 52.3 Å². The average molecular weight is 389 g/mol. The fourth-order valence-electron chi connectivity index (χ4n) is 3.45. The number of hydrogen-bond acceptors (Lipinski definition) is 2. The minimum Gasteiger partial charge on any atom is -0.302 e. The van der Waals surface area contributed by atoms with E-state index in [-0.39, 0.29) is 5.91 Å². The molecule has 120 valence electrons. The molecule has 0 aliphatic carbocycles. The topological polar surface area (TPSA) is 33.2 Å². The molecule has 1 aromatic heterocycles. The molecular formula is C21H13BrN2O. The van der Waals surface area contributed by atoms with Crippen molar-refractivity contribution in [3.05, 3.63) is 82.5 Å². The fraction of sp³-hybridized carbons (Fsp3) is 0.0476. The summed E-state index contributed by atoms with van der Waals surface area (Å²) in [6.45, 7) is 0.509. The SMILES string of the molecule is O=C1c2cc3ccc4ccccc4c3nc2CN1c1ccc(Br)cc1. The summed E-state index contributed by atoms with van der Waals surface area (Å²) < 4.78 is 0.996. The number of nitrogens with zero attached hydrogens (tertiary/aromatic N) is 2. The lowest BCUT2D eigenvalue weighted by Crippen LogP contribution is -2.22. The van der Waals surface area contributed by atoms with Crippen LogP contribution in [0.25, 0.3) is 21.7 Å². The number of fused-ring (bicyclic) bond motifs is 4. The second-order valence-corrected chi connectivity index (χ2v) is 7.12. The van der Waals surface area contributed by atoms with Crippen molar-refractivity contribution < 1.29 is 4.79 Å². The number of halogens is 1. The molecule has 0 unspecified atom stereocenters. The van der Waals surface area contributed by atoms with E-state index in [0.717, 1.165) is 37.5 Å². The van der Waals surface area contributed by atoms with Crippen molar-refractivity contribution in [2.75, 3.05) is 4.90 Å². The summed E-state index contributed by atoms with van der Waals surface area (Å²) in [6.07, 6.45) is 0. The Balaban J connectivity index is 1.67. The lowest BCUT2D eigenvalue weighted by molar-refractivity contribution is 0.0996. The summed E-state index contributed by atoms with van der Waals surface area (Å²) in [5.74, 6) is 0.0138. The third kappa shape index (κ3) is 2.25. The molecule has 0 N–H and O–H groups in total. The fourth-order valence-corrected chi connectivity index (χ4v) is 3.71. The maximum Gasteiger partial charge on any atom is 0.260 e. The third-order valence-electron chi connectivity index (χ3n) is 4.71. The summed E-state index contributed by atoms with van der Waals surface area (Å²) in [5.41, 5.74) is 3.39. The minimum absolute atomic E-state index is 0.0138. The predicted molar refractivity (Wildman–Crippen MR) is 104 cm³/mol. The maximum atomic E-state index is 12.9. The zero-order valence-corrected chi connectivity index (χ0v) is 14.8. The number of carbonyl (C=O) groups excluding carboxylic acids is 1. The minimum atomic E-state index is 0.0138. The van der Waals surface area contributed by atoms with Crippen LogP contribution in [0, 0.1) is 0 Å². The molecule has 4 aromatic rings. The van der Waals surface area contributed by atoms with Crippen LogP contribution in [0.15, 0.2) is 71.2 Å². The highest BCUT2D eigenvalue weighted by Gasteiger charge is 2.30. The van der Waals surface area contributed by atoms with Gasteiger partial charge in [-0.15, -0.1) is 0 Å². The first-order valence-electron chi connectivity index (χ1n) is 8.09. The smallest absolute Gasteiger partial charge is 0.260 e. The Morgan fingerprint density at radius 2 is 1.68 bits per heavy atom. The molecule has 0 saturated carbocycles. The number of anilines is 1. The van der Waals surface area contributed by atoms with Gasteiger partial charge in [-0.25, -0.2) is 4.98 Å². The van der Waals surface area contributed by atoms with Crippen LogP contribution in [-0.4, -0.2) is 10.9 Å². The molecule has 5 rings (SSSR count). The van der Waals surface area contributed by atoms with Crippen LogP contribution < -0.4 is 4.90 Å². The van der Waals surface area contributed by atoms with Crippen molar-refractivity contribution in [1.82, 2.24) is 4.98 Å². The van der Waals surface area contributed by atoms with Crippen molar-refractivity contribution in [1.29, 1.82) is 0 Å². The number of aromatic nitrogens is 1. The molecule has 3 aromatic carbocycles. The van der Waals surface area contributed by atoms with E-state index in [1.807, 2.05) is 48.5 Å². The van der Waals surface area contributed by atoms with Crippen molar-refractivity contribution in [3.63, 3.8) is 0 Å². The highest BCUT2D eigenvalue weighted by atomic mass is 79.9. The van der Waals surface area contributed by atoms with Gasteiger partial charge in [-0.3, -0.25) is 4.79 Å². The molecule has 1 amide bonds. The van der Waals surface area contributed by atoms with Gasteiger partial charge < -0.3 is 4.90 Å². The molecule has 25 heavy (non-hydrogen) atoms. The van der Waals surface area contributed by atoms with Crippen LogP contribution >= 0.6 is 15.9 Å². The van der Waals surface area contributed by atoms with Crippen LogP contribution in [0.4, 0.5) is 5.69 Å². The summed E-state index contributed by atoms with van der Waals surface area (Å²) in [7, 11) is 0. The predicted octanol–water partition coefficient (Wildman–Crippen LogP) is 5.31. The molecule has 0 radical (unpaired) electrons. The molecule has 4 heteroatoms. The first kappa shape index (κ1) is 14.6. The summed E-state index contributed by atoms with van der Waals surface area (Å²) in [6, 6.07) is 22.1. The highest BCUT2D eigenvalue weighted by Crippen LogP contribution is 2.32. The number of rotatable bonds is 1. The van der Waals surface area contributed by atoms with E-state index in [2.05, 4.69) is 34.1 Å². The highest BCUT2D eigenvalue weighted by molar-refractivity contribution is 9.10. The molecular weight excluding hydrogens is 376 g/mol. The van der Waals surface area contributed by atoms with Crippen LogP contribution in [0.5, 0.6) is 0 Å². The van der Waals surface area contributed by atoms with Gasteiger partial charge in [0.1, 0.15) is 0 Å². The van der Waals surface area contributed by atoms with E-state index in [9.17, 15) is 4.79 Å². The molecule has 0 fully saturated rings. The van der Waals surface area contributed by atoms with E-state index in [0.29, 0.717) is 12.1 Å². The third-order valence-corrected chi connectivity index (χ3v) is 5.24. The van der Waals surface area contributed by atoms with Gasteiger partial charge in [0.15, 0.2) is 0 Å². The van der Waals surface area contributed by atoms with Crippen LogP contribution in [-0.2, 0) is 6.54 Å². The van der Waals surface area contributed by atoms with Crippen molar-refractivity contribution in [3.8, 4) is 0 Å². The number of amides is 1. The van der Waals surface area contributed by atoms with E-state index in [4.69, 9.17) is 4.98 Å². The number of hydrogen-bond donors (Lipinski definition) is 0. The van der Waals surface area contributed by atoms with E-state index >= 15 is 0 Å². The Bertz CT molecular complexity index is 1150. The number of benzene rings is 3. The molecule has 1 aliphatic rings. The van der Waals surface area contributed by atoms with Gasteiger partial charge in [0.25, 0.3) is 5.91 Å². The molecule has 1 aliphatic heterocycles.